The van der Waals surface area contributed by atoms with Gasteiger partial charge in [0.25, 0.3) is 0 Å². The average Bonchev–Trinajstić information content (AvgIpc) is 2.68. The van der Waals surface area contributed by atoms with Crippen molar-refractivity contribution in [2.24, 2.45) is 11.3 Å². The van der Waals surface area contributed by atoms with Crippen molar-refractivity contribution >= 4 is 5.97 Å². The van der Waals surface area contributed by atoms with E-state index in [0.717, 1.165) is 36.8 Å². The first-order valence-electron chi connectivity index (χ1n) is 9.23. The summed E-state index contributed by atoms with van der Waals surface area (Å²) in [6.07, 6.45) is 4.16. The lowest BCUT2D eigenvalue weighted by atomic mass is 9.57. The zero-order valence-corrected chi connectivity index (χ0v) is 14.3. The molecule has 3 heteroatoms. The van der Waals surface area contributed by atoms with Gasteiger partial charge in [0, 0.05) is 0 Å². The molecule has 0 amide bonds. The summed E-state index contributed by atoms with van der Waals surface area (Å²) >= 11 is 0. The van der Waals surface area contributed by atoms with Crippen LogP contribution in [0.3, 0.4) is 0 Å². The van der Waals surface area contributed by atoms with Gasteiger partial charge in [-0.2, -0.15) is 0 Å². The van der Waals surface area contributed by atoms with E-state index in [1.54, 1.807) is 0 Å². The van der Waals surface area contributed by atoms with Gasteiger partial charge >= 0.3 is 5.97 Å². The summed E-state index contributed by atoms with van der Waals surface area (Å²) in [6.45, 7) is 0. The van der Waals surface area contributed by atoms with Gasteiger partial charge < -0.3 is 9.84 Å². The maximum atomic E-state index is 12.9. The molecular formula is C22H24O3. The van der Waals surface area contributed by atoms with Gasteiger partial charge in [-0.1, -0.05) is 79.9 Å². The van der Waals surface area contributed by atoms with Gasteiger partial charge in [0.05, 0.1) is 6.10 Å². The van der Waals surface area contributed by atoms with Crippen LogP contribution in [0.2, 0.25) is 0 Å². The molecular weight excluding hydrogens is 312 g/mol. The molecule has 25 heavy (non-hydrogen) atoms. The standard InChI is InChI=1S/C22H24O3/c23-19(16-10-4-1-5-11-16)22(18-14-8-3-9-15-18)20(25-21(22)24)17-12-6-2-7-13-17/h1-2,4-7,10-13,18-20,23H,3,8-9,14-15H2/t19?,20-,22-/m0/s1. The van der Waals surface area contributed by atoms with E-state index < -0.39 is 11.5 Å². The molecule has 1 unspecified atom stereocenters. The highest BCUT2D eigenvalue weighted by Crippen LogP contribution is 2.62. The predicted octanol–water partition coefficient (Wildman–Crippen LogP) is 4.58. The molecule has 2 fully saturated rings. The van der Waals surface area contributed by atoms with Gasteiger partial charge in [0.15, 0.2) is 0 Å². The Balaban J connectivity index is 1.79. The highest BCUT2D eigenvalue weighted by atomic mass is 16.6. The van der Waals surface area contributed by atoms with Crippen LogP contribution < -0.4 is 0 Å². The number of carbonyl (C=O) groups excluding carboxylic acids is 1. The Hall–Kier alpha value is -2.13. The largest absolute Gasteiger partial charge is 0.455 e. The summed E-state index contributed by atoms with van der Waals surface area (Å²) in [5, 5.41) is 11.3. The molecule has 130 valence electrons. The molecule has 2 aromatic rings. The fourth-order valence-electron chi connectivity index (χ4n) is 4.68. The molecule has 1 saturated carbocycles. The van der Waals surface area contributed by atoms with Crippen LogP contribution in [0.5, 0.6) is 0 Å². The number of cyclic esters (lactones) is 1. The Morgan fingerprint density at radius 2 is 1.52 bits per heavy atom. The second kappa shape index (κ2) is 6.64. The molecule has 1 saturated heterocycles. The highest BCUT2D eigenvalue weighted by Gasteiger charge is 2.66. The third kappa shape index (κ3) is 2.58. The molecule has 3 nitrogen and oxygen atoms in total. The number of aliphatic hydroxyl groups excluding tert-OH is 1. The monoisotopic (exact) mass is 336 g/mol. The molecule has 0 radical (unpaired) electrons. The van der Waals surface area contributed by atoms with Crippen LogP contribution in [0.4, 0.5) is 0 Å². The molecule has 1 aliphatic heterocycles. The van der Waals surface area contributed by atoms with E-state index in [1.807, 2.05) is 60.7 Å². The van der Waals surface area contributed by atoms with Gasteiger partial charge in [-0.25, -0.2) is 0 Å². The SMILES string of the molecule is O=C1O[C@@H](c2ccccc2)[C@]1(C1CCCCC1)C(O)c1ccccc1. The Kier molecular flexibility index (Phi) is 4.34. The van der Waals surface area contributed by atoms with Gasteiger partial charge in [-0.05, 0) is 29.9 Å². The normalized spacial score (nSPS) is 28.0. The van der Waals surface area contributed by atoms with Crippen LogP contribution in [0.25, 0.3) is 0 Å². The summed E-state index contributed by atoms with van der Waals surface area (Å²) in [4.78, 5) is 12.9. The summed E-state index contributed by atoms with van der Waals surface area (Å²) in [5.74, 6) is -0.0903. The second-order valence-electron chi connectivity index (χ2n) is 7.28. The van der Waals surface area contributed by atoms with E-state index in [-0.39, 0.29) is 18.0 Å². The number of aliphatic hydroxyl groups is 1. The number of hydrogen-bond acceptors (Lipinski definition) is 3. The first kappa shape index (κ1) is 16.3. The molecule has 4 rings (SSSR count). The van der Waals surface area contributed by atoms with Crippen molar-refractivity contribution in [3.05, 3.63) is 71.8 Å². The Labute approximate surface area is 148 Å². The van der Waals surface area contributed by atoms with Gasteiger partial charge in [-0.15, -0.1) is 0 Å². The minimum absolute atomic E-state index is 0.155. The average molecular weight is 336 g/mol. The van der Waals surface area contributed by atoms with Gasteiger partial charge in [0.2, 0.25) is 0 Å². The molecule has 1 aliphatic carbocycles. The van der Waals surface area contributed by atoms with E-state index >= 15 is 0 Å². The number of benzene rings is 2. The van der Waals surface area contributed by atoms with E-state index in [1.165, 1.54) is 6.42 Å². The van der Waals surface area contributed by atoms with Crippen molar-refractivity contribution < 1.29 is 14.6 Å². The molecule has 0 spiro atoms. The van der Waals surface area contributed by atoms with Gasteiger partial charge in [0.1, 0.15) is 11.5 Å². The summed E-state index contributed by atoms with van der Waals surface area (Å²) < 4.78 is 5.64. The third-order valence-electron chi connectivity index (χ3n) is 5.96. The topological polar surface area (TPSA) is 46.5 Å². The molecule has 3 atom stereocenters. The molecule has 1 N–H and O–H groups in total. The molecule has 2 aromatic carbocycles. The van der Waals surface area contributed by atoms with Crippen molar-refractivity contribution in [1.82, 2.24) is 0 Å². The number of esters is 1. The Morgan fingerprint density at radius 3 is 2.12 bits per heavy atom. The molecule has 0 bridgehead atoms. The minimum Gasteiger partial charge on any atom is -0.455 e. The zero-order chi connectivity index (χ0) is 17.3. The summed E-state index contributed by atoms with van der Waals surface area (Å²) in [6, 6.07) is 19.4. The number of hydrogen-bond donors (Lipinski definition) is 1. The first-order valence-corrected chi connectivity index (χ1v) is 9.23. The fourth-order valence-corrected chi connectivity index (χ4v) is 4.68. The lowest BCUT2D eigenvalue weighted by Gasteiger charge is -2.54. The van der Waals surface area contributed by atoms with E-state index in [9.17, 15) is 9.90 Å². The zero-order valence-electron chi connectivity index (χ0n) is 14.3. The maximum absolute atomic E-state index is 12.9. The third-order valence-corrected chi connectivity index (χ3v) is 5.96. The van der Waals surface area contributed by atoms with Crippen LogP contribution in [-0.2, 0) is 9.53 Å². The van der Waals surface area contributed by atoms with E-state index in [0.29, 0.717) is 0 Å². The minimum atomic E-state index is -0.872. The summed E-state index contributed by atoms with van der Waals surface area (Å²) in [7, 11) is 0. The van der Waals surface area contributed by atoms with Gasteiger partial charge in [-0.3, -0.25) is 4.79 Å². The predicted molar refractivity (Wildman–Crippen MR) is 95.7 cm³/mol. The fraction of sp³-hybridized carbons (Fsp3) is 0.409. The molecule has 1 heterocycles. The maximum Gasteiger partial charge on any atom is 0.320 e. The number of rotatable bonds is 4. The van der Waals surface area contributed by atoms with Crippen molar-refractivity contribution in [2.45, 2.75) is 44.3 Å². The molecule has 0 aromatic heterocycles. The van der Waals surface area contributed by atoms with Crippen molar-refractivity contribution in [2.75, 3.05) is 0 Å². The highest BCUT2D eigenvalue weighted by molar-refractivity contribution is 5.85. The van der Waals surface area contributed by atoms with Crippen LogP contribution in [0, 0.1) is 11.3 Å². The smallest absolute Gasteiger partial charge is 0.320 e. The summed E-state index contributed by atoms with van der Waals surface area (Å²) in [5.41, 5.74) is 0.900. The molecule has 2 aliphatic rings. The lowest BCUT2D eigenvalue weighted by molar-refractivity contribution is -0.246. The van der Waals surface area contributed by atoms with Crippen molar-refractivity contribution in [3.63, 3.8) is 0 Å². The quantitative estimate of drug-likeness (QED) is 0.831. The van der Waals surface area contributed by atoms with Crippen LogP contribution in [0.1, 0.15) is 55.4 Å². The van der Waals surface area contributed by atoms with Crippen LogP contribution in [0.15, 0.2) is 60.7 Å². The second-order valence-corrected chi connectivity index (χ2v) is 7.28. The number of carbonyl (C=O) groups is 1. The number of ether oxygens (including phenoxy) is 1. The Bertz CT molecular complexity index is 678. The Morgan fingerprint density at radius 1 is 0.920 bits per heavy atom. The van der Waals surface area contributed by atoms with Crippen molar-refractivity contribution in [3.8, 4) is 0 Å². The lowest BCUT2D eigenvalue weighted by Crippen LogP contribution is -2.59. The van der Waals surface area contributed by atoms with Crippen LogP contribution >= 0.6 is 0 Å². The van der Waals surface area contributed by atoms with E-state index in [4.69, 9.17) is 4.74 Å². The first-order chi connectivity index (χ1) is 12.2. The van der Waals surface area contributed by atoms with Crippen LogP contribution in [-0.4, -0.2) is 11.1 Å². The van der Waals surface area contributed by atoms with Crippen molar-refractivity contribution in [1.29, 1.82) is 0 Å². The van der Waals surface area contributed by atoms with E-state index in [2.05, 4.69) is 0 Å².